The molecule has 11 nitrogen and oxygen atoms in total. The van der Waals surface area contributed by atoms with E-state index in [1.165, 1.54) is 6.33 Å². The van der Waals surface area contributed by atoms with Crippen molar-refractivity contribution in [3.63, 3.8) is 0 Å². The van der Waals surface area contributed by atoms with Gasteiger partial charge >= 0.3 is 17.1 Å². The van der Waals surface area contributed by atoms with Gasteiger partial charge in [-0.1, -0.05) is 79.7 Å². The lowest BCUT2D eigenvalue weighted by molar-refractivity contribution is -0.104. The van der Waals surface area contributed by atoms with Crippen LogP contribution in [0.5, 0.6) is 0 Å². The van der Waals surface area contributed by atoms with E-state index in [0.29, 0.717) is 16.7 Å². The Morgan fingerprint density at radius 1 is 1.04 bits per heavy atom. The molecule has 0 bridgehead atoms. The molecule has 244 valence electrons. The van der Waals surface area contributed by atoms with Crippen molar-refractivity contribution in [3.8, 4) is 0 Å². The monoisotopic (exact) mass is 653 g/mol. The summed E-state index contributed by atoms with van der Waals surface area (Å²) in [5.74, 6) is -0.0614. The third-order valence-corrected chi connectivity index (χ3v) is 19.5. The first kappa shape index (κ1) is 33.6. The van der Waals surface area contributed by atoms with E-state index in [9.17, 15) is 9.90 Å². The third-order valence-electron chi connectivity index (χ3n) is 9.23. The summed E-state index contributed by atoms with van der Waals surface area (Å²) in [5, 5.41) is 15.5. The summed E-state index contributed by atoms with van der Waals surface area (Å²) in [4.78, 5) is 26.3. The molecule has 2 aliphatic heterocycles. The van der Waals surface area contributed by atoms with Gasteiger partial charge < -0.3 is 28.1 Å². The molecule has 3 aromatic rings. The maximum atomic E-state index is 12.9. The number of nitrogens with one attached hydrogen (secondary N) is 1. The highest BCUT2D eigenvalue weighted by molar-refractivity contribution is 6.84. The van der Waals surface area contributed by atoms with Crippen molar-refractivity contribution in [1.29, 1.82) is 0 Å². The third kappa shape index (κ3) is 5.72. The van der Waals surface area contributed by atoms with Crippen LogP contribution >= 0.6 is 0 Å². The molecule has 0 aliphatic carbocycles. The average molecular weight is 654 g/mol. The number of carbonyl (C=O) groups excluding carboxylic acids is 1. The summed E-state index contributed by atoms with van der Waals surface area (Å²) in [5.41, 5.74) is 0.207. The molecule has 2 fully saturated rings. The number of fused-ring (bicyclic) bond motifs is 2. The van der Waals surface area contributed by atoms with E-state index >= 15 is 0 Å². The first-order valence-electron chi connectivity index (χ1n) is 15.8. The minimum atomic E-state index is -3.05. The van der Waals surface area contributed by atoms with Crippen LogP contribution < -0.4 is 5.32 Å². The Hall–Kier alpha value is -2.79. The van der Waals surface area contributed by atoms with E-state index in [1.807, 2.05) is 6.07 Å². The van der Waals surface area contributed by atoms with Crippen molar-refractivity contribution in [2.24, 2.45) is 0 Å². The van der Waals surface area contributed by atoms with Crippen LogP contribution in [-0.2, 0) is 17.7 Å². The van der Waals surface area contributed by atoms with E-state index in [-0.39, 0.29) is 46.9 Å². The highest BCUT2D eigenvalue weighted by atomic mass is 28.5. The number of carbonyl (C=O) groups is 1. The van der Waals surface area contributed by atoms with Crippen molar-refractivity contribution < 1.29 is 27.6 Å². The van der Waals surface area contributed by atoms with Gasteiger partial charge in [-0.15, -0.1) is 6.58 Å². The standard InChI is InChI=1S/C32H47N5O6Si2/c1-10-16-32(39)27-25(17-40-44(20(2)3,21(4)5)43-45(42-27,22(6)7)23(8)9)41-31(32)37-19-35-26-28(33-18-34-29(26)37)36-30(38)24-14-12-11-13-15-24/h10-15,18-23,25,27,31,39H,1,16-17H2,2-9H3,(H,33,34,36,38)/t25-,27-,31?,32-/m1/s1. The molecule has 2 aliphatic rings. The molecule has 0 spiro atoms. The molecular formula is C32H47N5O6Si2. The normalized spacial score (nSPS) is 26.3. The number of nitrogens with zero attached hydrogens (tertiary/aromatic N) is 4. The Morgan fingerprint density at radius 2 is 1.69 bits per heavy atom. The first-order chi connectivity index (χ1) is 21.3. The molecule has 1 unspecified atom stereocenters. The zero-order valence-electron chi connectivity index (χ0n) is 27.6. The molecule has 0 radical (unpaired) electrons. The number of benzene rings is 1. The fourth-order valence-electron chi connectivity index (χ4n) is 6.88. The van der Waals surface area contributed by atoms with Crippen molar-refractivity contribution >= 4 is 40.0 Å². The lowest BCUT2D eigenvalue weighted by Gasteiger charge is -2.52. The smallest absolute Gasteiger partial charge is 0.335 e. The van der Waals surface area contributed by atoms with E-state index in [2.05, 4.69) is 82.2 Å². The van der Waals surface area contributed by atoms with Gasteiger partial charge in [0.2, 0.25) is 0 Å². The van der Waals surface area contributed by atoms with Crippen molar-refractivity contribution in [1.82, 2.24) is 19.5 Å². The maximum absolute atomic E-state index is 12.9. The van der Waals surface area contributed by atoms with Gasteiger partial charge in [-0.2, -0.15) is 0 Å². The Bertz CT molecular complexity index is 1500. The number of imidazole rings is 1. The number of hydrogen-bond acceptors (Lipinski definition) is 9. The summed E-state index contributed by atoms with van der Waals surface area (Å²) < 4.78 is 29.9. The van der Waals surface area contributed by atoms with Crippen molar-refractivity contribution in [2.75, 3.05) is 11.9 Å². The molecule has 4 atom stereocenters. The number of amides is 1. The molecule has 13 heteroatoms. The molecule has 0 saturated carbocycles. The van der Waals surface area contributed by atoms with Crippen LogP contribution in [0.25, 0.3) is 11.2 Å². The van der Waals surface area contributed by atoms with Gasteiger partial charge in [0.25, 0.3) is 5.91 Å². The summed E-state index contributed by atoms with van der Waals surface area (Å²) in [7, 11) is -5.86. The fourth-order valence-corrected chi connectivity index (χ4v) is 18.1. The van der Waals surface area contributed by atoms with Crippen molar-refractivity contribution in [3.05, 3.63) is 61.2 Å². The number of rotatable bonds is 9. The van der Waals surface area contributed by atoms with Gasteiger partial charge in [0.1, 0.15) is 24.1 Å². The largest absolute Gasteiger partial charge is 0.414 e. The lowest BCUT2D eigenvalue weighted by atomic mass is 9.90. The van der Waals surface area contributed by atoms with Crippen LogP contribution in [-0.4, -0.2) is 72.1 Å². The van der Waals surface area contributed by atoms with E-state index < -0.39 is 41.2 Å². The van der Waals surface area contributed by atoms with E-state index in [1.54, 1.807) is 41.2 Å². The predicted octanol–water partition coefficient (Wildman–Crippen LogP) is 6.24. The maximum Gasteiger partial charge on any atom is 0.335 e. The quantitative estimate of drug-likeness (QED) is 0.204. The van der Waals surface area contributed by atoms with Gasteiger partial charge in [0.05, 0.1) is 12.9 Å². The minimum Gasteiger partial charge on any atom is -0.414 e. The molecule has 4 heterocycles. The summed E-state index contributed by atoms with van der Waals surface area (Å²) >= 11 is 0. The molecule has 5 rings (SSSR count). The van der Waals surface area contributed by atoms with Gasteiger partial charge in [-0.25, -0.2) is 15.0 Å². The van der Waals surface area contributed by atoms with E-state index in [0.717, 1.165) is 0 Å². The number of anilines is 1. The van der Waals surface area contributed by atoms with Crippen LogP contribution in [0.4, 0.5) is 5.82 Å². The van der Waals surface area contributed by atoms with Gasteiger partial charge in [0.15, 0.2) is 23.2 Å². The Morgan fingerprint density at radius 3 is 2.29 bits per heavy atom. The van der Waals surface area contributed by atoms with Crippen LogP contribution in [0.2, 0.25) is 22.2 Å². The molecule has 2 saturated heterocycles. The predicted molar refractivity (Wildman–Crippen MR) is 177 cm³/mol. The zero-order valence-corrected chi connectivity index (χ0v) is 29.6. The summed E-state index contributed by atoms with van der Waals surface area (Å²) in [6.07, 6.45) is 2.48. The number of aromatic nitrogens is 4. The zero-order chi connectivity index (χ0) is 32.7. The lowest BCUT2D eigenvalue weighted by Crippen LogP contribution is -2.67. The van der Waals surface area contributed by atoms with Crippen molar-refractivity contribution in [2.45, 2.75) is 108 Å². The fraction of sp³-hybridized carbons (Fsp3) is 0.562. The molecule has 2 aromatic heterocycles. The molecule has 45 heavy (non-hydrogen) atoms. The van der Waals surface area contributed by atoms with E-state index in [4.69, 9.17) is 17.7 Å². The SMILES string of the molecule is C=CC[C@]1(O)C(n2cnc3c(NC(=O)c4ccccc4)ncnc32)O[C@@H]2CO[Si](C(C)C)(C(C)C)O[Si](C(C)C)(C(C)C)O[C@H]21. The van der Waals surface area contributed by atoms with Crippen LogP contribution in [0.3, 0.4) is 0 Å². The molecule has 1 amide bonds. The molecular weight excluding hydrogens is 607 g/mol. The molecule has 2 N–H and O–H groups in total. The Balaban J connectivity index is 1.58. The summed E-state index contributed by atoms with van der Waals surface area (Å²) in [6, 6.07) is 8.88. The van der Waals surface area contributed by atoms with Gasteiger partial charge in [-0.3, -0.25) is 9.36 Å². The second-order valence-electron chi connectivity index (χ2n) is 13.4. The average Bonchev–Trinajstić information content (AvgIpc) is 3.52. The second-order valence-corrected chi connectivity index (χ2v) is 22.2. The van der Waals surface area contributed by atoms with Gasteiger partial charge in [-0.05, 0) is 34.3 Å². The minimum absolute atomic E-state index is 0.0776. The highest BCUT2D eigenvalue weighted by Crippen LogP contribution is 2.52. The first-order valence-corrected chi connectivity index (χ1v) is 19.8. The Kier molecular flexibility index (Phi) is 9.54. The van der Waals surface area contributed by atoms with Crippen LogP contribution in [0, 0.1) is 0 Å². The second kappa shape index (κ2) is 12.8. The number of hydrogen-bond donors (Lipinski definition) is 2. The topological polar surface area (TPSA) is 130 Å². The number of aliphatic hydroxyl groups is 1. The Labute approximate surface area is 267 Å². The van der Waals surface area contributed by atoms with Crippen LogP contribution in [0.15, 0.2) is 55.6 Å². The van der Waals surface area contributed by atoms with Gasteiger partial charge in [0, 0.05) is 12.0 Å². The van der Waals surface area contributed by atoms with Crippen LogP contribution in [0.1, 0.15) is 78.4 Å². The summed E-state index contributed by atoms with van der Waals surface area (Å²) in [6.45, 7) is 21.4. The molecule has 1 aromatic carbocycles. The number of ether oxygens (including phenoxy) is 1. The highest BCUT2D eigenvalue weighted by Gasteiger charge is 2.65.